The molecular weight excluding hydrogens is 226 g/mol. The first-order valence-corrected chi connectivity index (χ1v) is 5.22. The Bertz CT molecular complexity index is 415. The van der Waals surface area contributed by atoms with E-state index < -0.39 is 5.97 Å². The zero-order chi connectivity index (χ0) is 12.8. The molecule has 0 aromatic carbocycles. The molecule has 1 aromatic heterocycles. The number of nitrogens with one attached hydrogen (secondary N) is 1. The molecule has 0 radical (unpaired) electrons. The zero-order valence-corrected chi connectivity index (χ0v) is 9.51. The fourth-order valence-electron chi connectivity index (χ4n) is 1.37. The predicted molar refractivity (Wildman–Crippen MR) is 58.2 cm³/mol. The number of nitrogens with zero attached hydrogens (tertiary/aromatic N) is 3. The lowest BCUT2D eigenvalue weighted by Crippen LogP contribution is -2.24. The molecule has 0 aliphatic carbocycles. The molecule has 1 heterocycles. The van der Waals surface area contributed by atoms with Crippen molar-refractivity contribution in [3.63, 3.8) is 0 Å². The first-order valence-electron chi connectivity index (χ1n) is 5.22. The molecule has 0 saturated carbocycles. The molecule has 0 bridgehead atoms. The van der Waals surface area contributed by atoms with Crippen LogP contribution in [0.15, 0.2) is 0 Å². The van der Waals surface area contributed by atoms with E-state index in [2.05, 4.69) is 15.6 Å². The minimum atomic E-state index is -1.17. The number of carbonyl (C=O) groups is 2. The summed E-state index contributed by atoms with van der Waals surface area (Å²) in [5, 5.41) is 18.6. The molecule has 0 saturated heterocycles. The van der Waals surface area contributed by atoms with Crippen molar-refractivity contribution < 1.29 is 14.7 Å². The average Bonchev–Trinajstić information content (AvgIpc) is 2.69. The van der Waals surface area contributed by atoms with Crippen LogP contribution >= 0.6 is 0 Å². The van der Waals surface area contributed by atoms with Crippen LogP contribution in [0.3, 0.4) is 0 Å². The lowest BCUT2D eigenvalue weighted by atomic mass is 10.3. The molecule has 8 heteroatoms. The number of nitrogens with two attached hydrogens (primary N) is 1. The number of rotatable bonds is 6. The summed E-state index contributed by atoms with van der Waals surface area (Å²) >= 11 is 0. The van der Waals surface area contributed by atoms with E-state index in [-0.39, 0.29) is 31.1 Å². The van der Waals surface area contributed by atoms with Gasteiger partial charge in [-0.2, -0.15) is 0 Å². The molecule has 4 N–H and O–H groups in total. The zero-order valence-electron chi connectivity index (χ0n) is 9.51. The van der Waals surface area contributed by atoms with E-state index in [1.54, 1.807) is 0 Å². The summed E-state index contributed by atoms with van der Waals surface area (Å²) in [6, 6.07) is 0. The molecule has 0 aliphatic heterocycles. The molecule has 1 amide bonds. The number of hydrogen-bond acceptors (Lipinski definition) is 5. The van der Waals surface area contributed by atoms with Gasteiger partial charge >= 0.3 is 5.97 Å². The van der Waals surface area contributed by atoms with Crippen molar-refractivity contribution in [3.05, 3.63) is 11.4 Å². The van der Waals surface area contributed by atoms with Crippen LogP contribution in [0.1, 0.15) is 29.5 Å². The first-order chi connectivity index (χ1) is 8.10. The van der Waals surface area contributed by atoms with Crippen LogP contribution in [0.2, 0.25) is 0 Å². The summed E-state index contributed by atoms with van der Waals surface area (Å²) in [6.07, 6.45) is 0.212. The minimum absolute atomic E-state index is 0.0179. The van der Waals surface area contributed by atoms with Gasteiger partial charge in [0.1, 0.15) is 0 Å². The van der Waals surface area contributed by atoms with Crippen molar-refractivity contribution in [3.8, 4) is 0 Å². The van der Waals surface area contributed by atoms with Crippen LogP contribution in [-0.4, -0.2) is 38.5 Å². The number of aromatic carboxylic acids is 1. The highest BCUT2D eigenvalue weighted by Gasteiger charge is 2.17. The maximum absolute atomic E-state index is 11.2. The molecular formula is C9H15N5O3. The fourth-order valence-corrected chi connectivity index (χ4v) is 1.37. The third kappa shape index (κ3) is 3.25. The van der Waals surface area contributed by atoms with Gasteiger partial charge in [0.2, 0.25) is 5.91 Å². The highest BCUT2D eigenvalue weighted by Crippen LogP contribution is 2.05. The first kappa shape index (κ1) is 13.1. The minimum Gasteiger partial charge on any atom is -0.476 e. The molecule has 0 aliphatic rings. The van der Waals surface area contributed by atoms with Crippen LogP contribution in [0.4, 0.5) is 0 Å². The lowest BCUT2D eigenvalue weighted by Gasteiger charge is -2.05. The third-order valence-electron chi connectivity index (χ3n) is 2.16. The molecule has 17 heavy (non-hydrogen) atoms. The van der Waals surface area contributed by atoms with Crippen LogP contribution in [0.25, 0.3) is 0 Å². The second-order valence-corrected chi connectivity index (χ2v) is 3.32. The van der Waals surface area contributed by atoms with Crippen molar-refractivity contribution in [2.24, 2.45) is 5.73 Å². The van der Waals surface area contributed by atoms with Crippen molar-refractivity contribution in [2.75, 3.05) is 6.54 Å². The molecule has 1 rings (SSSR count). The number of carboxylic acids is 1. The Morgan fingerprint density at radius 2 is 2.24 bits per heavy atom. The molecule has 8 nitrogen and oxygen atoms in total. The lowest BCUT2D eigenvalue weighted by molar-refractivity contribution is -0.121. The van der Waals surface area contributed by atoms with Gasteiger partial charge in [-0.3, -0.25) is 4.79 Å². The standard InChI is InChI=1S/C9H15N5O3/c1-2-11-7(15)3-4-14-6(5-10)8(9(16)17)12-13-14/h2-5,10H2,1H3,(H,11,15)(H,16,17). The normalized spacial score (nSPS) is 10.2. The Morgan fingerprint density at radius 1 is 1.53 bits per heavy atom. The van der Waals surface area contributed by atoms with Crippen molar-refractivity contribution in [2.45, 2.75) is 26.4 Å². The summed E-state index contributed by atoms with van der Waals surface area (Å²) in [6.45, 7) is 2.66. The largest absolute Gasteiger partial charge is 0.476 e. The van der Waals surface area contributed by atoms with Gasteiger partial charge in [0, 0.05) is 19.5 Å². The van der Waals surface area contributed by atoms with E-state index in [9.17, 15) is 9.59 Å². The molecule has 0 fully saturated rings. The van der Waals surface area contributed by atoms with Crippen molar-refractivity contribution >= 4 is 11.9 Å². The van der Waals surface area contributed by atoms with Crippen molar-refractivity contribution in [1.29, 1.82) is 0 Å². The molecule has 0 spiro atoms. The average molecular weight is 241 g/mol. The topological polar surface area (TPSA) is 123 Å². The number of aromatic nitrogens is 3. The second kappa shape index (κ2) is 5.94. The molecule has 0 atom stereocenters. The van der Waals surface area contributed by atoms with Crippen LogP contribution in [-0.2, 0) is 17.9 Å². The van der Waals surface area contributed by atoms with Gasteiger partial charge in [0.25, 0.3) is 0 Å². The Labute approximate surface area is 97.8 Å². The quantitative estimate of drug-likeness (QED) is 0.584. The van der Waals surface area contributed by atoms with E-state index in [0.29, 0.717) is 12.2 Å². The Morgan fingerprint density at radius 3 is 2.76 bits per heavy atom. The number of aryl methyl sites for hydroxylation is 1. The summed E-state index contributed by atoms with van der Waals surface area (Å²) in [5.41, 5.74) is 5.59. The third-order valence-corrected chi connectivity index (χ3v) is 2.16. The van der Waals surface area contributed by atoms with Crippen LogP contribution in [0, 0.1) is 0 Å². The van der Waals surface area contributed by atoms with Gasteiger partial charge in [-0.1, -0.05) is 5.21 Å². The van der Waals surface area contributed by atoms with Crippen LogP contribution in [0.5, 0.6) is 0 Å². The van der Waals surface area contributed by atoms with E-state index in [1.807, 2.05) is 6.92 Å². The van der Waals surface area contributed by atoms with E-state index in [0.717, 1.165) is 0 Å². The Balaban J connectivity index is 2.71. The molecule has 0 unspecified atom stereocenters. The Kier molecular flexibility index (Phi) is 4.58. The van der Waals surface area contributed by atoms with E-state index in [4.69, 9.17) is 10.8 Å². The number of hydrogen-bond donors (Lipinski definition) is 3. The number of amides is 1. The second-order valence-electron chi connectivity index (χ2n) is 3.32. The predicted octanol–water partition coefficient (Wildman–Crippen LogP) is -1.04. The van der Waals surface area contributed by atoms with Gasteiger partial charge in [0.15, 0.2) is 5.69 Å². The summed E-state index contributed by atoms with van der Waals surface area (Å²) < 4.78 is 1.35. The highest BCUT2D eigenvalue weighted by molar-refractivity contribution is 5.86. The van der Waals surface area contributed by atoms with Gasteiger partial charge < -0.3 is 16.2 Å². The van der Waals surface area contributed by atoms with Crippen molar-refractivity contribution in [1.82, 2.24) is 20.3 Å². The summed E-state index contributed by atoms with van der Waals surface area (Å²) in [5.74, 6) is -1.29. The van der Waals surface area contributed by atoms with Gasteiger partial charge in [-0.05, 0) is 6.92 Å². The van der Waals surface area contributed by atoms with Crippen LogP contribution < -0.4 is 11.1 Å². The van der Waals surface area contributed by atoms with Gasteiger partial charge in [-0.25, -0.2) is 9.48 Å². The maximum atomic E-state index is 11.2. The number of carbonyl (C=O) groups excluding carboxylic acids is 1. The van der Waals surface area contributed by atoms with Gasteiger partial charge in [-0.15, -0.1) is 5.10 Å². The summed E-state index contributed by atoms with van der Waals surface area (Å²) in [7, 11) is 0. The van der Waals surface area contributed by atoms with Gasteiger partial charge in [0.05, 0.1) is 12.2 Å². The monoisotopic (exact) mass is 241 g/mol. The Hall–Kier alpha value is -1.96. The van der Waals surface area contributed by atoms with E-state index in [1.165, 1.54) is 4.68 Å². The smallest absolute Gasteiger partial charge is 0.358 e. The SMILES string of the molecule is CCNC(=O)CCn1nnc(C(=O)O)c1CN. The molecule has 94 valence electrons. The maximum Gasteiger partial charge on any atom is 0.358 e. The number of carboxylic acid groups (broad SMARTS) is 1. The molecule has 1 aromatic rings. The van der Waals surface area contributed by atoms with E-state index >= 15 is 0 Å². The fraction of sp³-hybridized carbons (Fsp3) is 0.556. The summed E-state index contributed by atoms with van der Waals surface area (Å²) in [4.78, 5) is 22.0. The highest BCUT2D eigenvalue weighted by atomic mass is 16.4.